The van der Waals surface area contributed by atoms with Crippen LogP contribution in [0.2, 0.25) is 52.4 Å². The zero-order valence-corrected chi connectivity index (χ0v) is 88.9. The normalized spacial score (nSPS) is 14.6. The van der Waals surface area contributed by atoms with Crippen LogP contribution in [0.3, 0.4) is 0 Å². The number of hydrogen-bond donors (Lipinski definition) is 4. The Morgan fingerprint density at radius 1 is 0.328 bits per heavy atom. The molecule has 13 rings (SSSR count). The summed E-state index contributed by atoms with van der Waals surface area (Å²) in [6.45, 7) is 50.8. The van der Waals surface area contributed by atoms with Gasteiger partial charge in [0.2, 0.25) is 0 Å². The molecule has 1 aliphatic carbocycles. The second kappa shape index (κ2) is 48.1. The van der Waals surface area contributed by atoms with Crippen molar-refractivity contribution in [2.75, 3.05) is 6.61 Å². The Kier molecular flexibility index (Phi) is 40.1. The minimum Gasteiger partial charge on any atom is -0.672 e. The molecule has 0 bridgehead atoms. The summed E-state index contributed by atoms with van der Waals surface area (Å²) in [7, 11) is -2.17. The van der Waals surface area contributed by atoms with Crippen LogP contribution in [0.4, 0.5) is 11.4 Å². The van der Waals surface area contributed by atoms with E-state index in [1.54, 1.807) is 12.4 Å². The largest absolute Gasteiger partial charge is 0.672 e. The van der Waals surface area contributed by atoms with Gasteiger partial charge in [-0.3, -0.25) is 20.0 Å². The van der Waals surface area contributed by atoms with Crippen LogP contribution in [0, 0.1) is 20.5 Å². The summed E-state index contributed by atoms with van der Waals surface area (Å²) in [5, 5.41) is 47.4. The van der Waals surface area contributed by atoms with Crippen LogP contribution in [0.15, 0.2) is 275 Å². The second-order valence-electron chi connectivity index (χ2n) is 38.0. The Hall–Kier alpha value is -7.74. The molecule has 2 aliphatic rings. The van der Waals surface area contributed by atoms with Gasteiger partial charge in [-0.15, -0.1) is 0 Å². The molecule has 2 fully saturated rings. The average Bonchev–Trinajstić information content (AvgIpc) is 0.927. The van der Waals surface area contributed by atoms with Crippen molar-refractivity contribution in [1.29, 1.82) is 0 Å². The van der Waals surface area contributed by atoms with Crippen molar-refractivity contribution < 1.29 is 90.6 Å². The Bertz CT molecular complexity index is 4760. The molecule has 1 saturated carbocycles. The minimum absolute atomic E-state index is 0. The summed E-state index contributed by atoms with van der Waals surface area (Å²) in [5.74, 6) is 0.920. The fourth-order valence-corrected chi connectivity index (χ4v) is 25.9. The summed E-state index contributed by atoms with van der Waals surface area (Å²) >= 11 is 0. The zero-order valence-electron chi connectivity index (χ0n) is 78.6. The topological polar surface area (TPSA) is 168 Å². The first-order chi connectivity index (χ1) is 58.3. The fourth-order valence-electron chi connectivity index (χ4n) is 16.3. The maximum Gasteiger partial charge on any atom is 0.129 e. The monoisotopic (exact) mass is 1890 g/mol. The van der Waals surface area contributed by atoms with Crippen molar-refractivity contribution in [3.63, 3.8) is 0 Å². The van der Waals surface area contributed by atoms with Crippen LogP contribution in [0.5, 0.6) is 23.0 Å². The molecule has 0 unspecified atom stereocenters. The molecule has 11 aromatic carbocycles. The number of phenolic OH excluding ortho intramolecular Hbond substituents is 4. The Morgan fingerprint density at radius 3 is 0.816 bits per heavy atom. The van der Waals surface area contributed by atoms with Crippen LogP contribution < -0.4 is 0 Å². The number of aryl methyl sites for hydroxylation is 2. The smallest absolute Gasteiger partial charge is 0.129 e. The van der Waals surface area contributed by atoms with Gasteiger partial charge < -0.3 is 34.5 Å². The van der Waals surface area contributed by atoms with E-state index in [1.165, 1.54) is 6.42 Å². The van der Waals surface area contributed by atoms with Gasteiger partial charge in [0.05, 0.1) is 34.3 Å². The number of ether oxygens (including phenoxy) is 1. The van der Waals surface area contributed by atoms with Gasteiger partial charge in [0, 0.05) is 141 Å². The van der Waals surface area contributed by atoms with E-state index in [-0.39, 0.29) is 122 Å². The molecular formula is C108H137N6O5Si4Y2-3. The molecule has 1 saturated heterocycles. The summed E-state index contributed by atoms with van der Waals surface area (Å²) < 4.78 is 13.9. The molecule has 11 aromatic rings. The van der Waals surface area contributed by atoms with Crippen LogP contribution >= 0.6 is 0 Å². The van der Waals surface area contributed by atoms with E-state index >= 15 is 0 Å². The number of aliphatic imine (C=N–C) groups is 4. The summed E-state index contributed by atoms with van der Waals surface area (Å²) in [6, 6.07) is 86.9. The molecule has 654 valence electrons. The quantitative estimate of drug-likeness (QED) is 0.0257. The second-order valence-corrected chi connectivity index (χ2v) is 49.1. The van der Waals surface area contributed by atoms with Crippen LogP contribution in [-0.4, -0.2) is 99.8 Å². The molecule has 125 heavy (non-hydrogen) atoms. The van der Waals surface area contributed by atoms with E-state index in [9.17, 15) is 20.4 Å². The van der Waals surface area contributed by atoms with Crippen molar-refractivity contribution in [2.24, 2.45) is 20.0 Å². The summed E-state index contributed by atoms with van der Waals surface area (Å²) in [6.07, 6.45) is 13.4. The zero-order chi connectivity index (χ0) is 89.5. The number of nitrogens with zero attached hydrogens (tertiary/aromatic N) is 6. The van der Waals surface area contributed by atoms with Crippen LogP contribution in [0.1, 0.15) is 222 Å². The van der Waals surface area contributed by atoms with Crippen molar-refractivity contribution in [2.45, 2.75) is 232 Å². The van der Waals surface area contributed by atoms with Gasteiger partial charge in [-0.25, -0.2) is 6.61 Å². The predicted octanol–water partition coefficient (Wildman–Crippen LogP) is 26.7. The molecule has 0 spiro atoms. The molecule has 4 N–H and O–H groups in total. The van der Waals surface area contributed by atoms with Crippen LogP contribution in [0.25, 0.3) is 9.30 Å². The maximum absolute atomic E-state index is 12.5. The number of rotatable bonds is 20. The van der Waals surface area contributed by atoms with Gasteiger partial charge in [-0.1, -0.05) is 409 Å². The molecule has 0 aromatic heterocycles. The summed E-state index contributed by atoms with van der Waals surface area (Å²) in [5.41, 5.74) is 16.0. The minimum atomic E-state index is -0.798. The van der Waals surface area contributed by atoms with Crippen molar-refractivity contribution in [1.82, 2.24) is 0 Å². The molecule has 2 atom stereocenters. The van der Waals surface area contributed by atoms with Gasteiger partial charge in [-0.2, -0.15) is 6.42 Å². The average molecular weight is 1890 g/mol. The third kappa shape index (κ3) is 28.4. The van der Waals surface area contributed by atoms with Crippen molar-refractivity contribution in [3.05, 3.63) is 371 Å². The number of phenols is 4. The third-order valence-corrected chi connectivity index (χ3v) is 31.7. The number of hydrogen-bond acceptors (Lipinski definition) is 9. The molecule has 11 nitrogen and oxygen atoms in total. The van der Waals surface area contributed by atoms with Gasteiger partial charge in [0.15, 0.2) is 0 Å². The first-order valence-corrected chi connectivity index (χ1v) is 55.5. The molecule has 1 heterocycles. The number of aromatic hydroxyl groups is 4. The van der Waals surface area contributed by atoms with Crippen molar-refractivity contribution in [3.8, 4) is 23.0 Å². The predicted molar refractivity (Wildman–Crippen MR) is 537 cm³/mol. The van der Waals surface area contributed by atoms with Gasteiger partial charge in [0.25, 0.3) is 0 Å². The van der Waals surface area contributed by atoms with E-state index in [4.69, 9.17) is 24.7 Å². The van der Waals surface area contributed by atoms with Crippen molar-refractivity contribution >= 4 is 72.1 Å². The summed E-state index contributed by atoms with van der Waals surface area (Å²) in [4.78, 5) is 20.0. The van der Waals surface area contributed by atoms with E-state index in [0.29, 0.717) is 33.6 Å². The molecule has 2 radical (unpaired) electrons. The van der Waals surface area contributed by atoms with Gasteiger partial charge in [0.1, 0.15) is 23.0 Å². The fraction of sp³-hybridized carbons (Fsp3) is 0.343. The molecule has 17 heteroatoms. The first-order valence-electron chi connectivity index (χ1n) is 44.2. The Labute approximate surface area is 807 Å². The maximum atomic E-state index is 12.5. The van der Waals surface area contributed by atoms with Gasteiger partial charge >= 0.3 is 0 Å². The van der Waals surface area contributed by atoms with Gasteiger partial charge in [-0.05, 0) is 140 Å². The van der Waals surface area contributed by atoms with E-state index in [0.717, 1.165) is 117 Å². The molecule has 1 aliphatic heterocycles. The van der Waals surface area contributed by atoms with Crippen LogP contribution in [-0.2, 0) is 103 Å². The Morgan fingerprint density at radius 2 is 0.592 bits per heavy atom. The molecular weight excluding hydrogens is 1750 g/mol. The Balaban J connectivity index is 0.000000298. The standard InChI is InChI=1S/C60H54N2O2.C36H48N2O2.2C4H14NSi2.C4H7O.2Y/c1-43-37-45(57(63)53(39-43)59(47-23-9-3-10-24-47,48-25-11-4-12-26-48)49-27-13-5-14-28-49)41-61-55-35-21-22-36-56(55)62-42-46-38-44(2)40-54(58(46)64)60(50-29-15-6-16-30-50,51-31-17-7-18-32-51)52-33-19-8-20-34-52;1-33(2,3)25-17-23(31(39)27(19-25)35(7,8)9)21-37-29-15-13-14-16-30(29)38-22-24-18-26(34(4,5)6)20-28(32(24)40)36(10,11)12;2*1-6(2)5-7(3)4;1-2-4-5-3-1;;/h3-20,23-34,37-42,55-56,63-64H,21-22,35-36H2,1-2H3;13-22,39-40H,1-12H3;2*6-7H,1-4H3;3H,1-2,4H2;;/q;;3*-1;;/t55-,56-;;;;;;/m0....../s1. The number of benzene rings is 11. The van der Waals surface area contributed by atoms with E-state index < -0.39 is 46.7 Å². The third-order valence-electron chi connectivity index (χ3n) is 22.2. The number of para-hydroxylation sites is 2. The first kappa shape index (κ1) is 104. The van der Waals surface area contributed by atoms with E-state index in [2.05, 4.69) is 328 Å². The van der Waals surface area contributed by atoms with E-state index in [1.807, 2.05) is 104 Å². The SMILES string of the molecule is CC(C)(C)c1cc(C=Nc2ccccc2N=Cc2cc(C(C)(C)C)cc(C(C)(C)C)c2O)c(O)c(C(C)(C)C)c1.C[SiH](C)[N-][SiH](C)C.C[SiH](C)[N-][SiH](C)C.Cc1cc(C=N[C@H]2CCCC[C@@H]2N=Cc2cc(C)cc(C(c3ccccc3)(c3ccccc3)c3ccccc3)c2O)c(O)c(C(c2ccccc2)(c2ccccc2)c2ccccc2)c1.[CH-]1CCCO1.[Y].[Y]. The molecule has 0 amide bonds.